The van der Waals surface area contributed by atoms with Crippen LogP contribution in [-0.4, -0.2) is 16.9 Å². The second-order valence-corrected chi connectivity index (χ2v) is 3.94. The van der Waals surface area contributed by atoms with E-state index in [4.69, 9.17) is 5.73 Å². The lowest BCUT2D eigenvalue weighted by atomic mass is 10.0. The quantitative estimate of drug-likeness (QED) is 0.888. The molecule has 0 radical (unpaired) electrons. The third kappa shape index (κ3) is 7.15. The lowest BCUT2D eigenvalue weighted by Gasteiger charge is -2.13. The van der Waals surface area contributed by atoms with Crippen molar-refractivity contribution in [3.8, 4) is 0 Å². The Morgan fingerprint density at radius 3 is 2.53 bits per heavy atom. The van der Waals surface area contributed by atoms with Crippen molar-refractivity contribution < 1.29 is 4.79 Å². The number of nitrogens with zero attached hydrogens (tertiary/aromatic N) is 1. The van der Waals surface area contributed by atoms with E-state index in [-0.39, 0.29) is 30.7 Å². The molecule has 98 valence electrons. The van der Waals surface area contributed by atoms with Gasteiger partial charge in [-0.2, -0.15) is 0 Å². The van der Waals surface area contributed by atoms with E-state index in [2.05, 4.69) is 10.3 Å². The molecule has 1 rings (SSSR count). The van der Waals surface area contributed by atoms with Gasteiger partial charge in [-0.05, 0) is 24.5 Å². The molecule has 0 aliphatic rings. The van der Waals surface area contributed by atoms with Gasteiger partial charge in [-0.15, -0.1) is 24.8 Å². The molecule has 1 atom stereocenters. The molecule has 1 aromatic rings. The van der Waals surface area contributed by atoms with Crippen molar-refractivity contribution in [1.29, 1.82) is 0 Å². The smallest absolute Gasteiger partial charge is 0.242 e. The first kappa shape index (κ1) is 18.5. The highest BCUT2D eigenvalue weighted by Gasteiger charge is 2.14. The van der Waals surface area contributed by atoms with Crippen molar-refractivity contribution >= 4 is 36.5 Å². The summed E-state index contributed by atoms with van der Waals surface area (Å²) in [5.41, 5.74) is 5.73. The number of aromatic nitrogens is 1. The Morgan fingerprint density at radius 1 is 1.41 bits per heavy atom. The average Bonchev–Trinajstić information content (AvgIpc) is 2.18. The monoisotopic (exact) mass is 279 g/mol. The van der Waals surface area contributed by atoms with Crippen LogP contribution in [0.5, 0.6) is 0 Å². The molecule has 0 aliphatic carbocycles. The largest absolute Gasteiger partial charge is 0.320 e. The maximum Gasteiger partial charge on any atom is 0.242 e. The second kappa shape index (κ2) is 9.22. The maximum absolute atomic E-state index is 11.6. The Hall–Kier alpha value is -0.840. The number of carbonyl (C=O) groups excluding carboxylic acids is 1. The zero-order valence-electron chi connectivity index (χ0n) is 9.92. The Balaban J connectivity index is 0. The topological polar surface area (TPSA) is 68.0 Å². The van der Waals surface area contributed by atoms with Crippen molar-refractivity contribution in [3.63, 3.8) is 0 Å². The first-order chi connectivity index (χ1) is 7.09. The Morgan fingerprint density at radius 2 is 2.06 bits per heavy atom. The first-order valence-electron chi connectivity index (χ1n) is 5.07. The van der Waals surface area contributed by atoms with Gasteiger partial charge in [0.05, 0.1) is 6.04 Å². The molecule has 0 saturated heterocycles. The van der Waals surface area contributed by atoms with Crippen LogP contribution in [0.4, 0.5) is 5.82 Å². The minimum atomic E-state index is -0.466. The van der Waals surface area contributed by atoms with Crippen LogP contribution >= 0.6 is 24.8 Å². The molecule has 17 heavy (non-hydrogen) atoms. The summed E-state index contributed by atoms with van der Waals surface area (Å²) in [6, 6.07) is 4.88. The van der Waals surface area contributed by atoms with Crippen LogP contribution in [0.3, 0.4) is 0 Å². The van der Waals surface area contributed by atoms with Gasteiger partial charge in [0.15, 0.2) is 0 Å². The normalized spacial score (nSPS) is 11.1. The van der Waals surface area contributed by atoms with E-state index in [0.717, 1.165) is 0 Å². The van der Waals surface area contributed by atoms with E-state index in [1.165, 1.54) is 0 Å². The first-order valence-corrected chi connectivity index (χ1v) is 5.07. The Kier molecular flexibility index (Phi) is 10.0. The van der Waals surface area contributed by atoms with E-state index in [1.54, 1.807) is 18.3 Å². The minimum Gasteiger partial charge on any atom is -0.320 e. The standard InChI is InChI=1S/C11H17N3O.2ClH/c1-8(2)7-9(12)11(15)14-10-5-3-4-6-13-10;;/h3-6,8-9H,7,12H2,1-2H3,(H,13,14,15);2*1H/t9-;;/m0../s1. The summed E-state index contributed by atoms with van der Waals surface area (Å²) >= 11 is 0. The van der Waals surface area contributed by atoms with Gasteiger partial charge >= 0.3 is 0 Å². The van der Waals surface area contributed by atoms with Crippen LogP contribution in [0.2, 0.25) is 0 Å². The molecule has 0 aliphatic heterocycles. The van der Waals surface area contributed by atoms with Crippen molar-refractivity contribution in [2.75, 3.05) is 5.32 Å². The number of amides is 1. The Labute approximate surface area is 114 Å². The minimum absolute atomic E-state index is 0. The number of anilines is 1. The van der Waals surface area contributed by atoms with E-state index in [9.17, 15) is 4.79 Å². The molecule has 0 aromatic carbocycles. The summed E-state index contributed by atoms with van der Waals surface area (Å²) in [6.45, 7) is 4.07. The van der Waals surface area contributed by atoms with Gasteiger partial charge in [-0.1, -0.05) is 19.9 Å². The molecule has 0 fully saturated rings. The number of nitrogens with two attached hydrogens (primary N) is 1. The van der Waals surface area contributed by atoms with Crippen LogP contribution in [0.15, 0.2) is 24.4 Å². The number of carbonyl (C=O) groups is 1. The fourth-order valence-electron chi connectivity index (χ4n) is 1.27. The van der Waals surface area contributed by atoms with Crippen molar-refractivity contribution in [2.45, 2.75) is 26.3 Å². The zero-order valence-corrected chi connectivity index (χ0v) is 11.6. The predicted molar refractivity (Wildman–Crippen MR) is 74.8 cm³/mol. The molecule has 1 amide bonds. The van der Waals surface area contributed by atoms with Crippen LogP contribution in [-0.2, 0) is 4.79 Å². The maximum atomic E-state index is 11.6. The van der Waals surface area contributed by atoms with Gasteiger partial charge in [0, 0.05) is 6.20 Å². The van der Waals surface area contributed by atoms with Crippen molar-refractivity contribution in [3.05, 3.63) is 24.4 Å². The van der Waals surface area contributed by atoms with Crippen molar-refractivity contribution in [2.24, 2.45) is 11.7 Å². The molecule has 0 spiro atoms. The molecular formula is C11H19Cl2N3O. The number of hydrogen-bond donors (Lipinski definition) is 2. The number of rotatable bonds is 4. The lowest BCUT2D eigenvalue weighted by molar-refractivity contribution is -0.117. The SMILES string of the molecule is CC(C)C[C@H](N)C(=O)Nc1ccccn1.Cl.Cl. The van der Waals surface area contributed by atoms with Crippen LogP contribution in [0.1, 0.15) is 20.3 Å². The second-order valence-electron chi connectivity index (χ2n) is 3.94. The molecule has 0 unspecified atom stereocenters. The van der Waals surface area contributed by atoms with Crippen LogP contribution in [0, 0.1) is 5.92 Å². The Bertz CT molecular complexity index is 320. The van der Waals surface area contributed by atoms with Gasteiger partial charge in [0.25, 0.3) is 0 Å². The molecule has 4 nitrogen and oxygen atoms in total. The highest BCUT2D eigenvalue weighted by molar-refractivity contribution is 5.93. The van der Waals surface area contributed by atoms with Crippen molar-refractivity contribution in [1.82, 2.24) is 4.98 Å². The molecule has 3 N–H and O–H groups in total. The molecule has 1 aromatic heterocycles. The van der Waals surface area contributed by atoms with Gasteiger partial charge in [0.1, 0.15) is 5.82 Å². The number of halogens is 2. The lowest BCUT2D eigenvalue weighted by Crippen LogP contribution is -2.36. The van der Waals surface area contributed by atoms with Crippen LogP contribution < -0.4 is 11.1 Å². The third-order valence-corrected chi connectivity index (χ3v) is 1.98. The molecular weight excluding hydrogens is 261 g/mol. The molecule has 1 heterocycles. The van der Waals surface area contributed by atoms with E-state index in [1.807, 2.05) is 19.9 Å². The fourth-order valence-corrected chi connectivity index (χ4v) is 1.27. The van der Waals surface area contributed by atoms with Gasteiger partial charge in [-0.3, -0.25) is 4.79 Å². The van der Waals surface area contributed by atoms with Gasteiger partial charge in [0.2, 0.25) is 5.91 Å². The van der Waals surface area contributed by atoms with Crippen LogP contribution in [0.25, 0.3) is 0 Å². The summed E-state index contributed by atoms with van der Waals surface area (Å²) < 4.78 is 0. The van der Waals surface area contributed by atoms with Gasteiger partial charge in [-0.25, -0.2) is 4.98 Å². The zero-order chi connectivity index (χ0) is 11.3. The van der Waals surface area contributed by atoms with E-state index < -0.39 is 6.04 Å². The average molecular weight is 280 g/mol. The number of hydrogen-bond acceptors (Lipinski definition) is 3. The number of pyridine rings is 1. The summed E-state index contributed by atoms with van der Waals surface area (Å²) in [5.74, 6) is 0.776. The third-order valence-electron chi connectivity index (χ3n) is 1.98. The molecule has 0 bridgehead atoms. The molecule has 6 heteroatoms. The van der Waals surface area contributed by atoms with E-state index >= 15 is 0 Å². The summed E-state index contributed by atoms with van der Waals surface area (Å²) in [4.78, 5) is 15.6. The molecule has 0 saturated carbocycles. The highest BCUT2D eigenvalue weighted by Crippen LogP contribution is 2.06. The summed E-state index contributed by atoms with van der Waals surface area (Å²) in [7, 11) is 0. The number of nitrogens with one attached hydrogen (secondary N) is 1. The van der Waals surface area contributed by atoms with E-state index in [0.29, 0.717) is 18.2 Å². The summed E-state index contributed by atoms with van der Waals surface area (Å²) in [5, 5.41) is 2.67. The fraction of sp³-hybridized carbons (Fsp3) is 0.455. The predicted octanol–water partition coefficient (Wildman–Crippen LogP) is 2.24. The highest BCUT2D eigenvalue weighted by atomic mass is 35.5. The van der Waals surface area contributed by atoms with Gasteiger partial charge < -0.3 is 11.1 Å². The summed E-state index contributed by atoms with van der Waals surface area (Å²) in [6.07, 6.45) is 2.31.